The number of aliphatic hydroxyl groups excluding tert-OH is 1. The van der Waals surface area contributed by atoms with E-state index in [9.17, 15) is 5.11 Å². The van der Waals surface area contributed by atoms with Crippen molar-refractivity contribution in [3.8, 4) is 0 Å². The number of aromatic nitrogens is 1. The van der Waals surface area contributed by atoms with E-state index in [0.29, 0.717) is 11.4 Å². The maximum absolute atomic E-state index is 10.0. The van der Waals surface area contributed by atoms with E-state index in [2.05, 4.69) is 4.98 Å². The van der Waals surface area contributed by atoms with E-state index in [1.807, 2.05) is 36.4 Å². The average molecular weight is 234 g/mol. The number of benzene rings is 1. The highest BCUT2D eigenvalue weighted by molar-refractivity contribution is 6.31. The van der Waals surface area contributed by atoms with Crippen molar-refractivity contribution in [2.45, 2.75) is 12.5 Å². The van der Waals surface area contributed by atoms with Crippen LogP contribution in [0.4, 0.5) is 0 Å². The lowest BCUT2D eigenvalue weighted by Crippen LogP contribution is -2.02. The predicted molar refractivity (Wildman–Crippen MR) is 64.4 cm³/mol. The Morgan fingerprint density at radius 3 is 2.62 bits per heavy atom. The number of rotatable bonds is 3. The molecule has 0 radical (unpaired) electrons. The SMILES string of the molecule is OC(Cc1ccncc1Cl)c1ccccc1. The summed E-state index contributed by atoms with van der Waals surface area (Å²) in [5.41, 5.74) is 1.81. The van der Waals surface area contributed by atoms with Crippen molar-refractivity contribution in [1.29, 1.82) is 0 Å². The Hall–Kier alpha value is -1.38. The molecule has 0 aliphatic carbocycles. The number of hydrogen-bond acceptors (Lipinski definition) is 2. The molecule has 16 heavy (non-hydrogen) atoms. The van der Waals surface area contributed by atoms with Crippen LogP contribution in [0.3, 0.4) is 0 Å². The summed E-state index contributed by atoms with van der Waals surface area (Å²) in [6.45, 7) is 0. The van der Waals surface area contributed by atoms with Gasteiger partial charge in [-0.2, -0.15) is 0 Å². The van der Waals surface area contributed by atoms with Gasteiger partial charge in [0.2, 0.25) is 0 Å². The molecule has 1 aromatic carbocycles. The highest BCUT2D eigenvalue weighted by Crippen LogP contribution is 2.22. The molecule has 0 bridgehead atoms. The van der Waals surface area contributed by atoms with Crippen LogP contribution in [0.1, 0.15) is 17.2 Å². The molecule has 0 saturated carbocycles. The van der Waals surface area contributed by atoms with Gasteiger partial charge in [-0.05, 0) is 17.2 Å². The van der Waals surface area contributed by atoms with Gasteiger partial charge < -0.3 is 5.11 Å². The molecular weight excluding hydrogens is 222 g/mol. The van der Waals surface area contributed by atoms with Gasteiger partial charge in [-0.3, -0.25) is 4.98 Å². The topological polar surface area (TPSA) is 33.1 Å². The highest BCUT2D eigenvalue weighted by atomic mass is 35.5. The van der Waals surface area contributed by atoms with Gasteiger partial charge in [0.25, 0.3) is 0 Å². The van der Waals surface area contributed by atoms with Gasteiger partial charge in [-0.15, -0.1) is 0 Å². The molecular formula is C13H12ClNO. The normalized spacial score (nSPS) is 12.4. The molecule has 1 atom stereocenters. The Kier molecular flexibility index (Phi) is 3.54. The van der Waals surface area contributed by atoms with E-state index in [0.717, 1.165) is 11.1 Å². The lowest BCUT2D eigenvalue weighted by Gasteiger charge is -2.11. The van der Waals surface area contributed by atoms with Crippen molar-refractivity contribution >= 4 is 11.6 Å². The van der Waals surface area contributed by atoms with Crippen LogP contribution in [-0.2, 0) is 6.42 Å². The van der Waals surface area contributed by atoms with Crippen molar-refractivity contribution in [3.05, 3.63) is 64.9 Å². The van der Waals surface area contributed by atoms with Crippen molar-refractivity contribution in [1.82, 2.24) is 4.98 Å². The largest absolute Gasteiger partial charge is 0.388 e. The number of aliphatic hydroxyl groups is 1. The minimum atomic E-state index is -0.527. The van der Waals surface area contributed by atoms with Crippen LogP contribution in [0, 0.1) is 0 Å². The molecule has 3 heteroatoms. The van der Waals surface area contributed by atoms with E-state index in [1.54, 1.807) is 12.4 Å². The van der Waals surface area contributed by atoms with Crippen molar-refractivity contribution < 1.29 is 5.11 Å². The molecule has 0 fully saturated rings. The number of halogens is 1. The molecule has 2 rings (SSSR count). The van der Waals surface area contributed by atoms with Crippen LogP contribution < -0.4 is 0 Å². The molecule has 1 N–H and O–H groups in total. The van der Waals surface area contributed by atoms with E-state index in [1.165, 1.54) is 0 Å². The van der Waals surface area contributed by atoms with Gasteiger partial charge in [0.15, 0.2) is 0 Å². The zero-order chi connectivity index (χ0) is 11.4. The number of nitrogens with zero attached hydrogens (tertiary/aromatic N) is 1. The molecule has 0 aliphatic heterocycles. The summed E-state index contributed by atoms with van der Waals surface area (Å²) in [5, 5.41) is 10.6. The molecule has 0 aliphatic rings. The van der Waals surface area contributed by atoms with Gasteiger partial charge in [-0.25, -0.2) is 0 Å². The molecule has 2 aromatic rings. The second kappa shape index (κ2) is 5.10. The summed E-state index contributed by atoms with van der Waals surface area (Å²) in [5.74, 6) is 0. The second-order valence-electron chi connectivity index (χ2n) is 3.60. The van der Waals surface area contributed by atoms with Crippen LogP contribution >= 0.6 is 11.6 Å². The molecule has 1 heterocycles. The predicted octanol–water partition coefficient (Wildman–Crippen LogP) is 3.01. The highest BCUT2D eigenvalue weighted by Gasteiger charge is 2.09. The van der Waals surface area contributed by atoms with Crippen molar-refractivity contribution in [3.63, 3.8) is 0 Å². The zero-order valence-electron chi connectivity index (χ0n) is 8.68. The number of pyridine rings is 1. The van der Waals surface area contributed by atoms with Crippen LogP contribution in [0.2, 0.25) is 5.02 Å². The van der Waals surface area contributed by atoms with Crippen LogP contribution in [0.5, 0.6) is 0 Å². The molecule has 1 unspecified atom stereocenters. The summed E-state index contributed by atoms with van der Waals surface area (Å²) in [6.07, 6.45) is 3.25. The molecule has 0 saturated heterocycles. The van der Waals surface area contributed by atoms with E-state index in [-0.39, 0.29) is 0 Å². The lowest BCUT2D eigenvalue weighted by molar-refractivity contribution is 0.178. The minimum Gasteiger partial charge on any atom is -0.388 e. The van der Waals surface area contributed by atoms with Gasteiger partial charge >= 0.3 is 0 Å². The Bertz CT molecular complexity index is 458. The van der Waals surface area contributed by atoms with E-state index < -0.39 is 6.10 Å². The smallest absolute Gasteiger partial charge is 0.0830 e. The first-order valence-electron chi connectivity index (χ1n) is 5.09. The molecule has 2 nitrogen and oxygen atoms in total. The fourth-order valence-electron chi connectivity index (χ4n) is 1.57. The Balaban J connectivity index is 2.14. The Labute approximate surface area is 99.5 Å². The van der Waals surface area contributed by atoms with Crippen molar-refractivity contribution in [2.24, 2.45) is 0 Å². The van der Waals surface area contributed by atoms with Crippen LogP contribution in [-0.4, -0.2) is 10.1 Å². The summed E-state index contributed by atoms with van der Waals surface area (Å²) in [6, 6.07) is 11.4. The third-order valence-electron chi connectivity index (χ3n) is 2.45. The summed E-state index contributed by atoms with van der Waals surface area (Å²) >= 11 is 5.98. The Morgan fingerprint density at radius 1 is 1.19 bits per heavy atom. The zero-order valence-corrected chi connectivity index (χ0v) is 9.43. The first kappa shape index (κ1) is 11.1. The van der Waals surface area contributed by atoms with Gasteiger partial charge in [0.05, 0.1) is 11.1 Å². The maximum Gasteiger partial charge on any atom is 0.0830 e. The van der Waals surface area contributed by atoms with Gasteiger partial charge in [0.1, 0.15) is 0 Å². The van der Waals surface area contributed by atoms with Gasteiger partial charge in [-0.1, -0.05) is 41.9 Å². The lowest BCUT2D eigenvalue weighted by atomic mass is 10.0. The van der Waals surface area contributed by atoms with Crippen LogP contribution in [0.25, 0.3) is 0 Å². The number of hydrogen-bond donors (Lipinski definition) is 1. The van der Waals surface area contributed by atoms with Gasteiger partial charge in [0, 0.05) is 18.8 Å². The van der Waals surface area contributed by atoms with Crippen LogP contribution in [0.15, 0.2) is 48.8 Å². The van der Waals surface area contributed by atoms with E-state index in [4.69, 9.17) is 11.6 Å². The summed E-state index contributed by atoms with van der Waals surface area (Å²) in [7, 11) is 0. The van der Waals surface area contributed by atoms with E-state index >= 15 is 0 Å². The monoisotopic (exact) mass is 233 g/mol. The quantitative estimate of drug-likeness (QED) is 0.884. The molecule has 1 aromatic heterocycles. The third-order valence-corrected chi connectivity index (χ3v) is 2.79. The molecule has 0 amide bonds. The van der Waals surface area contributed by atoms with Crippen molar-refractivity contribution in [2.75, 3.05) is 0 Å². The third kappa shape index (κ3) is 2.60. The summed E-state index contributed by atoms with van der Waals surface area (Å²) in [4.78, 5) is 3.91. The minimum absolute atomic E-state index is 0.505. The Morgan fingerprint density at radius 2 is 1.94 bits per heavy atom. The standard InChI is InChI=1S/C13H12ClNO/c14-12-9-15-7-6-11(12)8-13(16)10-4-2-1-3-5-10/h1-7,9,13,16H,8H2. The molecule has 0 spiro atoms. The first-order chi connectivity index (χ1) is 7.77. The fraction of sp³-hybridized carbons (Fsp3) is 0.154. The average Bonchev–Trinajstić information content (AvgIpc) is 2.33. The molecule has 82 valence electrons. The maximum atomic E-state index is 10.0. The first-order valence-corrected chi connectivity index (χ1v) is 5.46. The fourth-order valence-corrected chi connectivity index (χ4v) is 1.77. The second-order valence-corrected chi connectivity index (χ2v) is 4.00. The summed E-state index contributed by atoms with van der Waals surface area (Å²) < 4.78 is 0.